The number of benzene rings is 1. The summed E-state index contributed by atoms with van der Waals surface area (Å²) in [5.41, 5.74) is 6.08. The van der Waals surface area contributed by atoms with Gasteiger partial charge in [0.25, 0.3) is 0 Å². The van der Waals surface area contributed by atoms with E-state index in [2.05, 4.69) is 52.0 Å². The van der Waals surface area contributed by atoms with Crippen LogP contribution < -0.4 is 0 Å². The molecule has 17 heavy (non-hydrogen) atoms. The first-order chi connectivity index (χ1) is 7.88. The maximum atomic E-state index is 4.93. The van der Waals surface area contributed by atoms with E-state index in [4.69, 9.17) is 17.0 Å². The van der Waals surface area contributed by atoms with Crippen LogP contribution in [-0.4, -0.2) is 0 Å². The summed E-state index contributed by atoms with van der Waals surface area (Å²) in [6.45, 7) is 9.00. The van der Waals surface area contributed by atoms with Crippen molar-refractivity contribution in [2.45, 2.75) is 39.5 Å². The van der Waals surface area contributed by atoms with Crippen LogP contribution in [0.5, 0.6) is 0 Å². The Morgan fingerprint density at radius 1 is 1.18 bits per heavy atom. The Morgan fingerprint density at radius 3 is 2.29 bits per heavy atom. The van der Waals surface area contributed by atoms with Crippen molar-refractivity contribution in [1.82, 2.24) is 0 Å². The predicted octanol–water partition coefficient (Wildman–Crippen LogP) is 5.32. The molecule has 0 aromatic heterocycles. The van der Waals surface area contributed by atoms with E-state index in [9.17, 15) is 0 Å². The second-order valence-electron chi connectivity index (χ2n) is 5.40. The molecule has 0 nitrogen and oxygen atoms in total. The molecule has 0 unspecified atom stereocenters. The second kappa shape index (κ2) is 6.55. The van der Waals surface area contributed by atoms with Crippen LogP contribution in [0.15, 0.2) is 23.8 Å². The quantitative estimate of drug-likeness (QED) is 0.595. The van der Waals surface area contributed by atoms with Gasteiger partial charge in [0.05, 0.1) is 0 Å². The number of rotatable bonds is 0. The van der Waals surface area contributed by atoms with Crippen LogP contribution in [0.4, 0.5) is 0 Å². The zero-order valence-corrected chi connectivity index (χ0v) is 14.7. The van der Waals surface area contributed by atoms with Crippen molar-refractivity contribution < 1.29 is 20.8 Å². The zero-order valence-electron chi connectivity index (χ0n) is 10.8. The molecule has 3 heteroatoms. The van der Waals surface area contributed by atoms with Gasteiger partial charge in [-0.05, 0) is 35.4 Å². The van der Waals surface area contributed by atoms with Gasteiger partial charge in [-0.15, -0.1) is 0 Å². The van der Waals surface area contributed by atoms with E-state index in [-0.39, 0.29) is 5.41 Å². The molecule has 1 aliphatic carbocycles. The van der Waals surface area contributed by atoms with Crippen molar-refractivity contribution >= 4 is 23.1 Å². The summed E-state index contributed by atoms with van der Waals surface area (Å²) in [5, 5.41) is 0. The first-order valence-corrected chi connectivity index (χ1v) is 12.0. The van der Waals surface area contributed by atoms with Crippen molar-refractivity contribution in [2.75, 3.05) is 0 Å². The maximum absolute atomic E-state index is 4.93. The van der Waals surface area contributed by atoms with Crippen LogP contribution >= 0.6 is 17.0 Å². The van der Waals surface area contributed by atoms with Crippen LogP contribution in [0.1, 0.15) is 44.4 Å². The normalized spacial score (nSPS) is 13.4. The zero-order chi connectivity index (χ0) is 13.1. The summed E-state index contributed by atoms with van der Waals surface area (Å²) in [5.74, 6) is 0. The van der Waals surface area contributed by atoms with E-state index >= 15 is 0 Å². The van der Waals surface area contributed by atoms with E-state index < -0.39 is 20.8 Å². The van der Waals surface area contributed by atoms with Crippen LogP contribution in [0, 0.1) is 0 Å². The van der Waals surface area contributed by atoms with Gasteiger partial charge in [-0.2, -0.15) is 0 Å². The molecule has 1 aromatic carbocycles. The molecule has 2 rings (SSSR count). The van der Waals surface area contributed by atoms with Crippen LogP contribution in [0.3, 0.4) is 0 Å². The van der Waals surface area contributed by atoms with Gasteiger partial charge in [0, 0.05) is 0 Å². The van der Waals surface area contributed by atoms with Crippen LogP contribution in [0.25, 0.3) is 6.08 Å². The predicted molar refractivity (Wildman–Crippen MR) is 74.2 cm³/mol. The number of hydrogen-bond donors (Lipinski definition) is 0. The molecule has 0 bridgehead atoms. The monoisotopic (exact) mass is 346 g/mol. The first kappa shape index (κ1) is 15.5. The van der Waals surface area contributed by atoms with E-state index in [0.29, 0.717) is 0 Å². The Hall–Kier alpha value is 0.423. The average molecular weight is 348 g/mol. The summed E-state index contributed by atoms with van der Waals surface area (Å²) < 4.78 is 0. The van der Waals surface area contributed by atoms with Gasteiger partial charge >= 0.3 is 37.9 Å². The number of hydrogen-bond acceptors (Lipinski definition) is 0. The molecule has 0 amide bonds. The van der Waals surface area contributed by atoms with Crippen molar-refractivity contribution in [2.24, 2.45) is 0 Å². The average Bonchev–Trinajstić information content (AvgIpc) is 2.56. The molecule has 0 fully saturated rings. The summed E-state index contributed by atoms with van der Waals surface area (Å²) in [7, 11) is 9.87. The molecule has 92 valence electrons. The summed E-state index contributed by atoms with van der Waals surface area (Å²) in [4.78, 5) is 0. The molecule has 0 atom stereocenters. The third-order valence-corrected chi connectivity index (χ3v) is 2.88. The fraction of sp³-hybridized carbons (Fsp3) is 0.429. The molecule has 1 aromatic rings. The molecule has 0 saturated carbocycles. The number of halogens is 2. The fourth-order valence-electron chi connectivity index (χ4n) is 1.97. The van der Waals surface area contributed by atoms with Gasteiger partial charge in [0.1, 0.15) is 0 Å². The molecule has 0 heterocycles. The SMILES string of the molecule is CC1=Cc2cc(C(C)(C)C)ccc2C1.[Cl][Zr][Cl]. The van der Waals surface area contributed by atoms with Gasteiger partial charge in [-0.1, -0.05) is 50.6 Å². The molecule has 1 aliphatic rings. The number of allylic oxidation sites excluding steroid dienone is 1. The fourth-order valence-corrected chi connectivity index (χ4v) is 1.97. The van der Waals surface area contributed by atoms with E-state index in [1.807, 2.05) is 0 Å². The van der Waals surface area contributed by atoms with E-state index in [1.165, 1.54) is 22.3 Å². The Morgan fingerprint density at radius 2 is 1.76 bits per heavy atom. The Labute approximate surface area is 123 Å². The van der Waals surface area contributed by atoms with Crippen molar-refractivity contribution in [3.8, 4) is 0 Å². The number of fused-ring (bicyclic) bond motifs is 1. The Balaban J connectivity index is 0.000000437. The topological polar surface area (TPSA) is 0 Å². The summed E-state index contributed by atoms with van der Waals surface area (Å²) in [6.07, 6.45) is 3.45. The standard InChI is InChI=1S/C14H18.2ClH.Zr/c1-10-7-11-5-6-13(14(2,3)4)9-12(11)8-10;;;/h5-6,8-9H,7H2,1-4H3;2*1H;/q;;;+2/p-2. The molecular formula is C14H18Cl2Zr. The van der Waals surface area contributed by atoms with E-state index in [1.54, 1.807) is 0 Å². The van der Waals surface area contributed by atoms with Gasteiger partial charge in [0.15, 0.2) is 0 Å². The van der Waals surface area contributed by atoms with E-state index in [0.717, 1.165) is 6.42 Å². The van der Waals surface area contributed by atoms with Gasteiger partial charge in [-0.3, -0.25) is 0 Å². The molecule has 0 aliphatic heterocycles. The molecular weight excluding hydrogens is 330 g/mol. The van der Waals surface area contributed by atoms with Crippen molar-refractivity contribution in [1.29, 1.82) is 0 Å². The van der Waals surface area contributed by atoms with Gasteiger partial charge in [-0.25, -0.2) is 0 Å². The van der Waals surface area contributed by atoms with Gasteiger partial charge in [0.2, 0.25) is 0 Å². The first-order valence-electron chi connectivity index (χ1n) is 5.65. The van der Waals surface area contributed by atoms with Crippen LogP contribution in [0.2, 0.25) is 0 Å². The Kier molecular flexibility index (Phi) is 5.96. The van der Waals surface area contributed by atoms with Crippen molar-refractivity contribution in [3.63, 3.8) is 0 Å². The minimum atomic E-state index is -0.826. The Bertz CT molecular complexity index is 417. The third kappa shape index (κ3) is 4.54. The summed E-state index contributed by atoms with van der Waals surface area (Å²) >= 11 is -0.826. The minimum absolute atomic E-state index is 0.263. The molecule has 0 radical (unpaired) electrons. The third-order valence-electron chi connectivity index (χ3n) is 2.88. The van der Waals surface area contributed by atoms with Gasteiger partial charge < -0.3 is 0 Å². The van der Waals surface area contributed by atoms with Crippen LogP contribution in [-0.2, 0) is 32.7 Å². The van der Waals surface area contributed by atoms with Crippen molar-refractivity contribution in [3.05, 3.63) is 40.5 Å². The second-order valence-corrected chi connectivity index (χ2v) is 9.13. The molecule has 0 saturated heterocycles. The molecule has 0 N–H and O–H groups in total. The summed E-state index contributed by atoms with van der Waals surface area (Å²) in [6, 6.07) is 6.89. The molecule has 0 spiro atoms.